The molecule has 1 aromatic heterocycles. The molecule has 0 aliphatic carbocycles. The monoisotopic (exact) mass is 589 g/mol. The third-order valence-corrected chi connectivity index (χ3v) is 6.80. The van der Waals surface area contributed by atoms with Crippen LogP contribution in [0.2, 0.25) is 0 Å². The van der Waals surface area contributed by atoms with Crippen molar-refractivity contribution in [1.82, 2.24) is 14.8 Å². The number of nitrogens with one attached hydrogen (secondary N) is 3. The summed E-state index contributed by atoms with van der Waals surface area (Å²) >= 11 is 0. The van der Waals surface area contributed by atoms with Gasteiger partial charge in [0, 0.05) is 29.3 Å². The van der Waals surface area contributed by atoms with Gasteiger partial charge in [-0.15, -0.1) is 5.10 Å². The van der Waals surface area contributed by atoms with Gasteiger partial charge in [0.2, 0.25) is 0 Å². The third kappa shape index (κ3) is 5.62. The van der Waals surface area contributed by atoms with Gasteiger partial charge in [0.1, 0.15) is 23.4 Å². The minimum atomic E-state index is -1.11. The van der Waals surface area contributed by atoms with Gasteiger partial charge in [0.25, 0.3) is 5.91 Å². The number of hydrogen-bond donors (Lipinski definition) is 5. The van der Waals surface area contributed by atoms with E-state index in [-0.39, 0.29) is 34.2 Å². The fourth-order valence-electron chi connectivity index (χ4n) is 4.86. The summed E-state index contributed by atoms with van der Waals surface area (Å²) in [5, 5.41) is 15.3. The number of fused-ring (bicyclic) bond motifs is 1. The Kier molecular flexibility index (Phi) is 7.84. The SMILES string of the molecule is COc1cc([C@H](Nc2ccc(C(=N)N)cc2)c2nn(-c3c(OC(C)=O)cccc3C(N)=O)c(=O)[nH]2)c(F)c2c1OCCC2. The highest BCUT2D eigenvalue weighted by Gasteiger charge is 2.31. The van der Waals surface area contributed by atoms with Crippen LogP contribution in [-0.2, 0) is 11.2 Å². The molecule has 1 aliphatic rings. The largest absolute Gasteiger partial charge is 0.493 e. The fourth-order valence-corrected chi connectivity index (χ4v) is 4.86. The molecule has 14 heteroatoms. The van der Waals surface area contributed by atoms with Gasteiger partial charge in [0.15, 0.2) is 23.1 Å². The number of benzene rings is 3. The number of anilines is 1. The number of ether oxygens (including phenoxy) is 3. The average molecular weight is 590 g/mol. The molecule has 1 atom stereocenters. The Morgan fingerprint density at radius 3 is 2.58 bits per heavy atom. The van der Waals surface area contributed by atoms with E-state index in [0.717, 1.165) is 11.6 Å². The van der Waals surface area contributed by atoms with Crippen molar-refractivity contribution in [3.8, 4) is 22.9 Å². The number of aromatic amines is 1. The lowest BCUT2D eigenvalue weighted by Crippen LogP contribution is -2.23. The van der Waals surface area contributed by atoms with E-state index in [4.69, 9.17) is 31.1 Å². The zero-order valence-electron chi connectivity index (χ0n) is 23.2. The first-order valence-corrected chi connectivity index (χ1v) is 13.1. The maximum atomic E-state index is 16.2. The summed E-state index contributed by atoms with van der Waals surface area (Å²) in [5.74, 6) is -1.90. The molecule has 4 aromatic rings. The van der Waals surface area contributed by atoms with Crippen molar-refractivity contribution < 1.29 is 28.2 Å². The lowest BCUT2D eigenvalue weighted by atomic mass is 9.96. The number of nitrogens with two attached hydrogens (primary N) is 2. The number of aromatic nitrogens is 3. The summed E-state index contributed by atoms with van der Waals surface area (Å²) in [7, 11) is 1.44. The van der Waals surface area contributed by atoms with Crippen LogP contribution in [0.15, 0.2) is 53.3 Å². The third-order valence-electron chi connectivity index (χ3n) is 6.80. The highest BCUT2D eigenvalue weighted by atomic mass is 19.1. The molecule has 0 saturated carbocycles. The molecule has 0 radical (unpaired) electrons. The molecule has 1 amide bonds. The molecule has 3 aromatic carbocycles. The van der Waals surface area contributed by atoms with Crippen LogP contribution >= 0.6 is 0 Å². The Morgan fingerprint density at radius 1 is 1.19 bits per heavy atom. The molecule has 0 unspecified atom stereocenters. The lowest BCUT2D eigenvalue weighted by Gasteiger charge is -2.25. The number of hydrogen-bond acceptors (Lipinski definition) is 9. The van der Waals surface area contributed by atoms with Gasteiger partial charge in [-0.05, 0) is 55.3 Å². The first-order chi connectivity index (χ1) is 20.6. The molecule has 0 bridgehead atoms. The Morgan fingerprint density at radius 2 is 1.93 bits per heavy atom. The number of nitrogen functional groups attached to an aromatic ring is 1. The molecule has 1 aliphatic heterocycles. The second kappa shape index (κ2) is 11.7. The number of H-pyrrole nitrogens is 1. The van der Waals surface area contributed by atoms with Gasteiger partial charge in [-0.25, -0.2) is 9.18 Å². The number of primary amides is 1. The van der Waals surface area contributed by atoms with Crippen LogP contribution in [0.3, 0.4) is 0 Å². The second-order valence-corrected chi connectivity index (χ2v) is 9.65. The van der Waals surface area contributed by atoms with E-state index < -0.39 is 29.4 Å². The zero-order chi connectivity index (χ0) is 30.8. The minimum Gasteiger partial charge on any atom is -0.493 e. The normalized spacial score (nSPS) is 12.9. The zero-order valence-corrected chi connectivity index (χ0v) is 23.2. The van der Waals surface area contributed by atoms with Gasteiger partial charge >= 0.3 is 11.7 Å². The predicted octanol–water partition coefficient (Wildman–Crippen LogP) is 2.54. The molecule has 13 nitrogen and oxygen atoms in total. The quantitative estimate of drug-likeness (QED) is 0.0842. The Labute approximate surface area is 244 Å². The highest BCUT2D eigenvalue weighted by Crippen LogP contribution is 2.41. The average Bonchev–Trinajstić information content (AvgIpc) is 3.37. The van der Waals surface area contributed by atoms with Gasteiger partial charge in [-0.2, -0.15) is 4.68 Å². The maximum absolute atomic E-state index is 16.2. The maximum Gasteiger partial charge on any atom is 0.348 e. The van der Waals surface area contributed by atoms with E-state index >= 15 is 4.39 Å². The molecule has 222 valence electrons. The summed E-state index contributed by atoms with van der Waals surface area (Å²) < 4.78 is 33.5. The van der Waals surface area contributed by atoms with E-state index in [1.54, 1.807) is 24.3 Å². The Balaban J connectivity index is 1.70. The lowest BCUT2D eigenvalue weighted by molar-refractivity contribution is -0.131. The minimum absolute atomic E-state index is 0.0497. The highest BCUT2D eigenvalue weighted by molar-refractivity contribution is 5.98. The Hall–Kier alpha value is -5.66. The first kappa shape index (κ1) is 28.9. The summed E-state index contributed by atoms with van der Waals surface area (Å²) in [5.41, 5.74) is 11.4. The number of para-hydroxylation sites is 1. The van der Waals surface area contributed by atoms with Crippen molar-refractivity contribution in [2.45, 2.75) is 25.8 Å². The number of esters is 1. The molecular weight excluding hydrogens is 561 g/mol. The standard InChI is InChI=1S/C29H28FN7O6/c1-14(38)43-20-7-3-5-18(27(33)39)24(20)37-29(40)35-28(36-37)23(34-16-10-8-15(9-11-16)26(31)32)19-13-21(41-2)25-17(22(19)30)6-4-12-42-25/h3,5,7-11,13,23,34H,4,6,12H2,1-2H3,(H3,31,32)(H2,33,39)(H,35,36,40)/t23-/m0/s1. The van der Waals surface area contributed by atoms with Crippen LogP contribution in [0.5, 0.6) is 17.2 Å². The van der Waals surface area contributed by atoms with Crippen LogP contribution < -0.4 is 36.7 Å². The van der Waals surface area contributed by atoms with Crippen molar-refractivity contribution in [3.05, 3.63) is 92.9 Å². The number of amidine groups is 1. The van der Waals surface area contributed by atoms with Crippen molar-refractivity contribution in [2.24, 2.45) is 11.5 Å². The van der Waals surface area contributed by atoms with Gasteiger partial charge in [0.05, 0.1) is 19.3 Å². The van der Waals surface area contributed by atoms with Crippen LogP contribution in [0.25, 0.3) is 5.69 Å². The first-order valence-electron chi connectivity index (χ1n) is 13.1. The summed E-state index contributed by atoms with van der Waals surface area (Å²) in [6.45, 7) is 1.57. The van der Waals surface area contributed by atoms with Crippen molar-refractivity contribution >= 4 is 23.4 Å². The predicted molar refractivity (Wildman–Crippen MR) is 154 cm³/mol. The fraction of sp³-hybridized carbons (Fsp3) is 0.207. The van der Waals surface area contributed by atoms with Crippen LogP contribution in [0.4, 0.5) is 10.1 Å². The number of carbonyl (C=O) groups is 2. The number of methoxy groups -OCH3 is 1. The molecule has 7 N–H and O–H groups in total. The molecule has 0 fully saturated rings. The van der Waals surface area contributed by atoms with E-state index in [2.05, 4.69) is 15.4 Å². The van der Waals surface area contributed by atoms with Crippen LogP contribution in [0, 0.1) is 11.2 Å². The number of amides is 1. The number of carbonyl (C=O) groups excluding carboxylic acids is 2. The molecule has 43 heavy (non-hydrogen) atoms. The van der Waals surface area contributed by atoms with Gasteiger partial charge < -0.3 is 31.0 Å². The Bertz CT molecular complexity index is 1800. The second-order valence-electron chi connectivity index (χ2n) is 9.65. The van der Waals surface area contributed by atoms with E-state index in [0.29, 0.717) is 47.8 Å². The molecular formula is C29H28FN7O6. The number of nitrogens with zero attached hydrogens (tertiary/aromatic N) is 2. The summed E-state index contributed by atoms with van der Waals surface area (Å²) in [4.78, 5) is 40.1. The van der Waals surface area contributed by atoms with E-state index in [1.807, 2.05) is 0 Å². The smallest absolute Gasteiger partial charge is 0.348 e. The van der Waals surface area contributed by atoms with Crippen LogP contribution in [0.1, 0.15) is 52.3 Å². The van der Waals surface area contributed by atoms with Crippen molar-refractivity contribution in [1.29, 1.82) is 5.41 Å². The topological polar surface area (TPSA) is 200 Å². The van der Waals surface area contributed by atoms with Gasteiger partial charge in [-0.1, -0.05) is 6.07 Å². The van der Waals surface area contributed by atoms with E-state index in [1.165, 1.54) is 31.4 Å². The number of rotatable bonds is 9. The molecule has 0 saturated heterocycles. The van der Waals surface area contributed by atoms with E-state index in [9.17, 15) is 14.4 Å². The van der Waals surface area contributed by atoms with Crippen LogP contribution in [-0.4, -0.2) is 46.2 Å². The van der Waals surface area contributed by atoms with Crippen molar-refractivity contribution in [2.75, 3.05) is 19.0 Å². The summed E-state index contributed by atoms with van der Waals surface area (Å²) in [6.07, 6.45) is 0.990. The molecule has 5 rings (SSSR count). The molecule has 2 heterocycles. The molecule has 0 spiro atoms. The summed E-state index contributed by atoms with van der Waals surface area (Å²) in [6, 6.07) is 11.0. The number of halogens is 1. The van der Waals surface area contributed by atoms with Crippen molar-refractivity contribution in [3.63, 3.8) is 0 Å². The van der Waals surface area contributed by atoms with Gasteiger partial charge in [-0.3, -0.25) is 20.0 Å².